The fourth-order valence-electron chi connectivity index (χ4n) is 5.41. The Labute approximate surface area is 126 Å². The van der Waals surface area contributed by atoms with Crippen LogP contribution in [0.25, 0.3) is 0 Å². The molecule has 3 N–H and O–H groups in total. The highest BCUT2D eigenvalue weighted by Crippen LogP contribution is 2.72. The summed E-state index contributed by atoms with van der Waals surface area (Å²) in [4.78, 5) is 0. The van der Waals surface area contributed by atoms with Gasteiger partial charge < -0.3 is 9.47 Å². The van der Waals surface area contributed by atoms with E-state index in [4.69, 9.17) is 15.3 Å². The molecule has 3 saturated carbocycles. The summed E-state index contributed by atoms with van der Waals surface area (Å²) < 4.78 is 11.1. The number of nitrogens with two attached hydrogens (primary N) is 1. The minimum absolute atomic E-state index is 0.134. The van der Waals surface area contributed by atoms with Gasteiger partial charge in [-0.1, -0.05) is 6.07 Å². The van der Waals surface area contributed by atoms with Crippen molar-refractivity contribution in [2.24, 2.45) is 35.4 Å². The molecule has 0 amide bonds. The number of methoxy groups -OCH3 is 2. The maximum absolute atomic E-state index is 5.95. The van der Waals surface area contributed by atoms with Crippen molar-refractivity contribution in [2.75, 3.05) is 14.2 Å². The van der Waals surface area contributed by atoms with Gasteiger partial charge in [0, 0.05) is 0 Å². The van der Waals surface area contributed by atoms with Crippen molar-refractivity contribution in [2.45, 2.75) is 25.3 Å². The second-order valence-electron chi connectivity index (χ2n) is 6.79. The molecular formula is C17H24N2O2. The second kappa shape index (κ2) is 4.89. The van der Waals surface area contributed by atoms with E-state index in [1.165, 1.54) is 19.3 Å². The van der Waals surface area contributed by atoms with Gasteiger partial charge in [-0.05, 0) is 61.0 Å². The van der Waals surface area contributed by atoms with Crippen LogP contribution in [0.2, 0.25) is 0 Å². The van der Waals surface area contributed by atoms with Gasteiger partial charge >= 0.3 is 0 Å². The van der Waals surface area contributed by atoms with Crippen molar-refractivity contribution in [1.29, 1.82) is 0 Å². The van der Waals surface area contributed by atoms with Gasteiger partial charge in [0.25, 0.3) is 0 Å². The molecule has 4 rings (SSSR count). The van der Waals surface area contributed by atoms with Gasteiger partial charge in [0.15, 0.2) is 0 Å². The molecule has 5 unspecified atom stereocenters. The Kier molecular flexibility index (Phi) is 3.12. The van der Waals surface area contributed by atoms with Crippen LogP contribution in [0.1, 0.15) is 30.9 Å². The maximum atomic E-state index is 5.95. The fourth-order valence-corrected chi connectivity index (χ4v) is 5.41. The van der Waals surface area contributed by atoms with Crippen molar-refractivity contribution in [1.82, 2.24) is 5.43 Å². The first-order chi connectivity index (χ1) is 10.3. The molecule has 1 aromatic carbocycles. The summed E-state index contributed by atoms with van der Waals surface area (Å²) in [5, 5.41) is 0. The second-order valence-corrected chi connectivity index (χ2v) is 6.79. The standard InChI is InChI=1S/C17H24N2O2/c1-20-11-4-3-5-12(21-2)15(11)17(19-18)16-13-9-6-7-10(8-9)14(13)16/h3-5,9-10,13-14,16-17,19H,6-8,18H2,1-2H3. The van der Waals surface area contributed by atoms with E-state index in [-0.39, 0.29) is 6.04 Å². The summed E-state index contributed by atoms with van der Waals surface area (Å²) >= 11 is 0. The number of hydrazine groups is 1. The summed E-state index contributed by atoms with van der Waals surface area (Å²) in [7, 11) is 3.42. The molecular weight excluding hydrogens is 264 g/mol. The average molecular weight is 288 g/mol. The first-order valence-electron chi connectivity index (χ1n) is 7.97. The zero-order valence-corrected chi connectivity index (χ0v) is 12.7. The summed E-state index contributed by atoms with van der Waals surface area (Å²) in [6, 6.07) is 6.09. The van der Waals surface area contributed by atoms with Crippen molar-refractivity contribution < 1.29 is 9.47 Å². The van der Waals surface area contributed by atoms with Crippen LogP contribution in [0, 0.1) is 29.6 Å². The topological polar surface area (TPSA) is 56.5 Å². The molecule has 0 radical (unpaired) electrons. The molecule has 5 atom stereocenters. The molecule has 114 valence electrons. The highest BCUT2D eigenvalue weighted by Gasteiger charge is 2.67. The van der Waals surface area contributed by atoms with E-state index in [9.17, 15) is 0 Å². The predicted molar refractivity (Wildman–Crippen MR) is 80.9 cm³/mol. The molecule has 0 aliphatic heterocycles. The van der Waals surface area contributed by atoms with Gasteiger partial charge in [-0.2, -0.15) is 0 Å². The molecule has 3 aliphatic carbocycles. The van der Waals surface area contributed by atoms with E-state index >= 15 is 0 Å². The summed E-state index contributed by atoms with van der Waals surface area (Å²) in [5.74, 6) is 11.9. The summed E-state index contributed by atoms with van der Waals surface area (Å²) in [5.41, 5.74) is 4.15. The molecule has 0 saturated heterocycles. The molecule has 2 bridgehead atoms. The number of fused-ring (bicyclic) bond motifs is 5. The lowest BCUT2D eigenvalue weighted by Crippen LogP contribution is -2.32. The van der Waals surface area contributed by atoms with Gasteiger partial charge in [-0.3, -0.25) is 11.3 Å². The fraction of sp³-hybridized carbons (Fsp3) is 0.647. The number of ether oxygens (including phenoxy) is 2. The van der Waals surface area contributed by atoms with Gasteiger partial charge in [-0.15, -0.1) is 0 Å². The SMILES string of the molecule is COc1cccc(OC)c1C(NN)C1C2C3CCC(C3)C21. The van der Waals surface area contributed by atoms with Crippen LogP contribution in [0.15, 0.2) is 18.2 Å². The highest BCUT2D eigenvalue weighted by molar-refractivity contribution is 5.48. The van der Waals surface area contributed by atoms with Gasteiger partial charge in [0.2, 0.25) is 0 Å². The van der Waals surface area contributed by atoms with E-state index in [1.54, 1.807) is 14.2 Å². The average Bonchev–Trinajstić information content (AvgIpc) is 2.93. The first-order valence-corrected chi connectivity index (χ1v) is 7.97. The minimum Gasteiger partial charge on any atom is -0.496 e. The molecule has 4 nitrogen and oxygen atoms in total. The maximum Gasteiger partial charge on any atom is 0.127 e. The Morgan fingerprint density at radius 2 is 1.67 bits per heavy atom. The molecule has 3 fully saturated rings. The van der Waals surface area contributed by atoms with Gasteiger partial charge in [0.05, 0.1) is 25.8 Å². The number of benzene rings is 1. The summed E-state index contributed by atoms with van der Waals surface area (Å²) in [6.07, 6.45) is 4.29. The Bertz CT molecular complexity index is 509. The summed E-state index contributed by atoms with van der Waals surface area (Å²) in [6.45, 7) is 0. The van der Waals surface area contributed by atoms with E-state index < -0.39 is 0 Å². The first kappa shape index (κ1) is 13.4. The number of rotatable bonds is 5. The minimum atomic E-state index is 0.134. The van der Waals surface area contributed by atoms with E-state index in [0.717, 1.165) is 40.7 Å². The molecule has 1 aromatic rings. The third-order valence-electron chi connectivity index (χ3n) is 6.14. The Hall–Kier alpha value is -1.26. The lowest BCUT2D eigenvalue weighted by Gasteiger charge is -2.24. The van der Waals surface area contributed by atoms with Crippen LogP contribution in [-0.2, 0) is 0 Å². The number of hydrogen-bond donors (Lipinski definition) is 2. The highest BCUT2D eigenvalue weighted by atomic mass is 16.5. The van der Waals surface area contributed by atoms with E-state index in [2.05, 4.69) is 5.43 Å². The van der Waals surface area contributed by atoms with Crippen molar-refractivity contribution in [3.63, 3.8) is 0 Å². The van der Waals surface area contributed by atoms with Gasteiger partial charge in [-0.25, -0.2) is 0 Å². The van der Waals surface area contributed by atoms with Crippen LogP contribution in [0.5, 0.6) is 11.5 Å². The third kappa shape index (κ3) is 1.82. The third-order valence-corrected chi connectivity index (χ3v) is 6.14. The molecule has 0 aromatic heterocycles. The monoisotopic (exact) mass is 288 g/mol. The number of hydrogen-bond acceptors (Lipinski definition) is 4. The molecule has 21 heavy (non-hydrogen) atoms. The predicted octanol–water partition coefficient (Wildman–Crippen LogP) is 2.50. The Morgan fingerprint density at radius 3 is 2.14 bits per heavy atom. The van der Waals surface area contributed by atoms with Crippen LogP contribution < -0.4 is 20.7 Å². The van der Waals surface area contributed by atoms with Crippen molar-refractivity contribution >= 4 is 0 Å². The van der Waals surface area contributed by atoms with Crippen LogP contribution >= 0.6 is 0 Å². The van der Waals surface area contributed by atoms with E-state index in [1.807, 2.05) is 18.2 Å². The lowest BCUT2D eigenvalue weighted by molar-refractivity contribution is 0.334. The zero-order chi connectivity index (χ0) is 14.6. The molecule has 0 heterocycles. The van der Waals surface area contributed by atoms with Crippen LogP contribution in [0.3, 0.4) is 0 Å². The van der Waals surface area contributed by atoms with Crippen LogP contribution in [-0.4, -0.2) is 14.2 Å². The molecule has 4 heteroatoms. The normalized spacial score (nSPS) is 37.2. The Morgan fingerprint density at radius 1 is 1.10 bits per heavy atom. The largest absolute Gasteiger partial charge is 0.496 e. The Balaban J connectivity index is 1.69. The van der Waals surface area contributed by atoms with Crippen LogP contribution in [0.4, 0.5) is 0 Å². The van der Waals surface area contributed by atoms with Crippen molar-refractivity contribution in [3.05, 3.63) is 23.8 Å². The smallest absolute Gasteiger partial charge is 0.127 e. The zero-order valence-electron chi connectivity index (χ0n) is 12.7. The molecule has 0 spiro atoms. The number of nitrogens with one attached hydrogen (secondary N) is 1. The van der Waals surface area contributed by atoms with Gasteiger partial charge in [0.1, 0.15) is 11.5 Å². The van der Waals surface area contributed by atoms with Crippen molar-refractivity contribution in [3.8, 4) is 11.5 Å². The lowest BCUT2D eigenvalue weighted by atomic mass is 9.92. The molecule has 3 aliphatic rings. The van der Waals surface area contributed by atoms with E-state index in [0.29, 0.717) is 5.92 Å². The quantitative estimate of drug-likeness (QED) is 0.645.